The maximum atomic E-state index is 12.3. The predicted octanol–water partition coefficient (Wildman–Crippen LogP) is 2.58. The number of likely N-dealkylation sites (tertiary alicyclic amines) is 1. The number of amides is 2. The van der Waals surface area contributed by atoms with Gasteiger partial charge < -0.3 is 10.6 Å². The Hall–Kier alpha value is -1.88. The van der Waals surface area contributed by atoms with Gasteiger partial charge in [0, 0.05) is 30.7 Å². The largest absolute Gasteiger partial charge is 0.352 e. The first-order valence-corrected chi connectivity index (χ1v) is 9.98. The Morgan fingerprint density at radius 1 is 0.923 bits per heavy atom. The smallest absolute Gasteiger partial charge is 0.251 e. The van der Waals surface area contributed by atoms with E-state index in [2.05, 4.69) is 22.5 Å². The number of hydrogen-bond acceptors (Lipinski definition) is 3. The molecule has 0 spiro atoms. The molecule has 0 bridgehead atoms. The molecular formula is C21H31N3O2. The summed E-state index contributed by atoms with van der Waals surface area (Å²) in [6, 6.07) is 9.89. The maximum absolute atomic E-state index is 12.3. The summed E-state index contributed by atoms with van der Waals surface area (Å²) in [4.78, 5) is 26.7. The lowest BCUT2D eigenvalue weighted by molar-refractivity contribution is -0.123. The van der Waals surface area contributed by atoms with Gasteiger partial charge in [-0.1, -0.05) is 25.1 Å². The van der Waals surface area contributed by atoms with Crippen molar-refractivity contribution in [1.82, 2.24) is 15.5 Å². The molecule has 2 fully saturated rings. The van der Waals surface area contributed by atoms with Gasteiger partial charge in [-0.3, -0.25) is 14.5 Å². The molecule has 0 aromatic heterocycles. The quantitative estimate of drug-likeness (QED) is 0.851. The number of hydrogen-bond donors (Lipinski definition) is 2. The van der Waals surface area contributed by atoms with Crippen LogP contribution in [0.3, 0.4) is 0 Å². The van der Waals surface area contributed by atoms with Gasteiger partial charge in [-0.05, 0) is 56.6 Å². The Labute approximate surface area is 156 Å². The number of rotatable bonds is 5. The molecule has 5 nitrogen and oxygen atoms in total. The molecule has 1 aliphatic heterocycles. The van der Waals surface area contributed by atoms with Crippen LogP contribution in [0.1, 0.15) is 55.8 Å². The summed E-state index contributed by atoms with van der Waals surface area (Å²) < 4.78 is 0. The lowest BCUT2D eigenvalue weighted by Gasteiger charge is -2.33. The Morgan fingerprint density at radius 3 is 2.19 bits per heavy atom. The number of benzene rings is 1. The summed E-state index contributed by atoms with van der Waals surface area (Å²) >= 11 is 0. The molecule has 2 aliphatic rings. The Bertz CT molecular complexity index is 589. The topological polar surface area (TPSA) is 61.4 Å². The van der Waals surface area contributed by atoms with Crippen LogP contribution in [0, 0.1) is 5.92 Å². The average molecular weight is 357 g/mol. The van der Waals surface area contributed by atoms with Gasteiger partial charge in [-0.2, -0.15) is 0 Å². The third kappa shape index (κ3) is 5.56. The van der Waals surface area contributed by atoms with E-state index in [1.54, 1.807) is 0 Å². The van der Waals surface area contributed by atoms with E-state index in [0.29, 0.717) is 18.2 Å². The molecule has 5 heteroatoms. The summed E-state index contributed by atoms with van der Waals surface area (Å²) in [5.41, 5.74) is 0.705. The molecule has 0 radical (unpaired) electrons. The van der Waals surface area contributed by atoms with Crippen molar-refractivity contribution >= 4 is 11.8 Å². The molecule has 1 aliphatic carbocycles. The summed E-state index contributed by atoms with van der Waals surface area (Å²) in [5.74, 6) is 0.943. The first-order valence-electron chi connectivity index (χ1n) is 9.98. The van der Waals surface area contributed by atoms with Gasteiger partial charge in [-0.15, -0.1) is 0 Å². The van der Waals surface area contributed by atoms with Crippen molar-refractivity contribution in [3.05, 3.63) is 35.9 Å². The third-order valence-corrected chi connectivity index (χ3v) is 5.71. The van der Waals surface area contributed by atoms with Gasteiger partial charge in [0.25, 0.3) is 5.91 Å². The fourth-order valence-corrected chi connectivity index (χ4v) is 3.97. The zero-order chi connectivity index (χ0) is 18.4. The number of piperidine rings is 1. The zero-order valence-electron chi connectivity index (χ0n) is 15.7. The Kier molecular flexibility index (Phi) is 6.67. The molecule has 2 N–H and O–H groups in total. The maximum Gasteiger partial charge on any atom is 0.251 e. The van der Waals surface area contributed by atoms with E-state index in [1.165, 1.54) is 12.8 Å². The second-order valence-corrected chi connectivity index (χ2v) is 7.91. The van der Waals surface area contributed by atoms with E-state index in [9.17, 15) is 9.59 Å². The van der Waals surface area contributed by atoms with Gasteiger partial charge in [0.05, 0.1) is 6.54 Å². The van der Waals surface area contributed by atoms with Crippen molar-refractivity contribution in [2.24, 2.45) is 5.92 Å². The van der Waals surface area contributed by atoms with E-state index < -0.39 is 0 Å². The number of carbonyl (C=O) groups is 2. The fourth-order valence-electron chi connectivity index (χ4n) is 3.97. The van der Waals surface area contributed by atoms with Gasteiger partial charge in [0.2, 0.25) is 5.91 Å². The highest BCUT2D eigenvalue weighted by Crippen LogP contribution is 2.23. The number of nitrogens with zero attached hydrogens (tertiary/aromatic N) is 1. The van der Waals surface area contributed by atoms with Crippen molar-refractivity contribution < 1.29 is 9.59 Å². The van der Waals surface area contributed by atoms with E-state index in [0.717, 1.165) is 44.7 Å². The van der Waals surface area contributed by atoms with Crippen molar-refractivity contribution in [2.45, 2.75) is 57.5 Å². The van der Waals surface area contributed by atoms with Crippen molar-refractivity contribution in [2.75, 3.05) is 19.6 Å². The monoisotopic (exact) mass is 357 g/mol. The highest BCUT2D eigenvalue weighted by molar-refractivity contribution is 5.94. The van der Waals surface area contributed by atoms with Crippen LogP contribution in [0.25, 0.3) is 0 Å². The molecule has 0 atom stereocenters. The van der Waals surface area contributed by atoms with Crippen molar-refractivity contribution in [3.63, 3.8) is 0 Å². The molecule has 2 amide bonds. The average Bonchev–Trinajstić information content (AvgIpc) is 2.66. The first kappa shape index (κ1) is 18.9. The Balaban J connectivity index is 1.36. The standard InChI is InChI=1S/C21H31N3O2/c1-16-7-9-18(10-8-16)22-20(25)15-24-13-11-19(12-14-24)23-21(26)17-5-3-2-4-6-17/h2-6,16,18-19H,7-15H2,1H3,(H,22,25)(H,23,26). The van der Waals surface area contributed by atoms with Gasteiger partial charge in [-0.25, -0.2) is 0 Å². The van der Waals surface area contributed by atoms with Gasteiger partial charge in [0.1, 0.15) is 0 Å². The second-order valence-electron chi connectivity index (χ2n) is 7.91. The second kappa shape index (κ2) is 9.17. The molecule has 1 aromatic carbocycles. The van der Waals surface area contributed by atoms with Gasteiger partial charge >= 0.3 is 0 Å². The lowest BCUT2D eigenvalue weighted by Crippen LogP contribution is -2.48. The molecule has 1 heterocycles. The minimum atomic E-state index is -0.00619. The van der Waals surface area contributed by atoms with Crippen LogP contribution < -0.4 is 10.6 Å². The lowest BCUT2D eigenvalue weighted by atomic mass is 9.87. The van der Waals surface area contributed by atoms with Crippen LogP contribution in [-0.4, -0.2) is 48.4 Å². The van der Waals surface area contributed by atoms with E-state index >= 15 is 0 Å². The highest BCUT2D eigenvalue weighted by atomic mass is 16.2. The van der Waals surface area contributed by atoms with Crippen LogP contribution in [0.5, 0.6) is 0 Å². The number of carbonyl (C=O) groups excluding carboxylic acids is 2. The summed E-state index contributed by atoms with van der Waals surface area (Å²) in [5, 5.41) is 6.31. The molecule has 1 aromatic rings. The molecular weight excluding hydrogens is 326 g/mol. The first-order chi connectivity index (χ1) is 12.6. The molecule has 1 saturated carbocycles. The molecule has 26 heavy (non-hydrogen) atoms. The van der Waals surface area contributed by atoms with Gasteiger partial charge in [0.15, 0.2) is 0 Å². The minimum absolute atomic E-state index is 0.00619. The number of nitrogens with one attached hydrogen (secondary N) is 2. The summed E-state index contributed by atoms with van der Waals surface area (Å²) in [6.45, 7) is 4.48. The van der Waals surface area contributed by atoms with E-state index in [-0.39, 0.29) is 17.9 Å². The Morgan fingerprint density at radius 2 is 1.54 bits per heavy atom. The van der Waals surface area contributed by atoms with Crippen LogP contribution in [0.4, 0.5) is 0 Å². The summed E-state index contributed by atoms with van der Waals surface area (Å²) in [7, 11) is 0. The minimum Gasteiger partial charge on any atom is -0.352 e. The van der Waals surface area contributed by atoms with Crippen LogP contribution in [0.15, 0.2) is 30.3 Å². The van der Waals surface area contributed by atoms with Crippen LogP contribution in [0.2, 0.25) is 0 Å². The fraction of sp³-hybridized carbons (Fsp3) is 0.619. The summed E-state index contributed by atoms with van der Waals surface area (Å²) in [6.07, 6.45) is 6.45. The van der Waals surface area contributed by atoms with Crippen molar-refractivity contribution in [3.8, 4) is 0 Å². The highest BCUT2D eigenvalue weighted by Gasteiger charge is 2.24. The van der Waals surface area contributed by atoms with Crippen LogP contribution >= 0.6 is 0 Å². The normalized spacial score (nSPS) is 24.8. The van der Waals surface area contributed by atoms with E-state index in [4.69, 9.17) is 0 Å². The SMILES string of the molecule is CC1CCC(NC(=O)CN2CCC(NC(=O)c3ccccc3)CC2)CC1. The molecule has 1 saturated heterocycles. The predicted molar refractivity (Wildman–Crippen MR) is 103 cm³/mol. The van der Waals surface area contributed by atoms with E-state index in [1.807, 2.05) is 30.3 Å². The third-order valence-electron chi connectivity index (χ3n) is 5.71. The van der Waals surface area contributed by atoms with Crippen LogP contribution in [-0.2, 0) is 4.79 Å². The molecule has 3 rings (SSSR count). The molecule has 142 valence electrons. The zero-order valence-corrected chi connectivity index (χ0v) is 15.7. The molecule has 0 unspecified atom stereocenters. The van der Waals surface area contributed by atoms with Crippen molar-refractivity contribution in [1.29, 1.82) is 0 Å².